The van der Waals surface area contributed by atoms with Crippen LogP contribution in [-0.2, 0) is 23.3 Å². The van der Waals surface area contributed by atoms with Gasteiger partial charge in [-0.2, -0.15) is 5.10 Å². The molecule has 2 aromatic carbocycles. The normalized spacial score (nSPS) is 16.7. The minimum absolute atomic E-state index is 0.0126. The van der Waals surface area contributed by atoms with Crippen LogP contribution in [0, 0.1) is 3.57 Å². The van der Waals surface area contributed by atoms with Crippen molar-refractivity contribution in [2.45, 2.75) is 31.4 Å². The van der Waals surface area contributed by atoms with E-state index in [1.165, 1.54) is 14.7 Å². The monoisotopic (exact) mass is 504 g/mol. The Morgan fingerprint density at radius 3 is 2.59 bits per heavy atom. The van der Waals surface area contributed by atoms with Crippen LogP contribution >= 0.6 is 22.6 Å². The summed E-state index contributed by atoms with van der Waals surface area (Å²) in [5, 5.41) is 6.47. The molecule has 2 N–H and O–H groups in total. The predicted molar refractivity (Wildman–Crippen MR) is 121 cm³/mol. The SMILES string of the molecule is O=c1[nH]nc(CN2CCC(COCc3cccc(I)c3)(c3ccccc3)CC2)[nH]1. The standard InChI is InChI=1S/C22H25IN4O2/c23-19-8-4-5-17(13-19)15-29-16-22(18-6-2-1-3-7-18)9-11-27(12-10-22)14-20-24-21(28)26-25-20/h1-8,13H,9-12,14-16H2,(H2,24,25,26,28). The van der Waals surface area contributed by atoms with Crippen molar-refractivity contribution in [3.63, 3.8) is 0 Å². The maximum atomic E-state index is 11.3. The van der Waals surface area contributed by atoms with E-state index in [0.717, 1.165) is 25.9 Å². The van der Waals surface area contributed by atoms with Gasteiger partial charge in [-0.15, -0.1) is 0 Å². The molecule has 0 unspecified atom stereocenters. The summed E-state index contributed by atoms with van der Waals surface area (Å²) < 4.78 is 7.47. The Hall–Kier alpha value is -1.97. The highest BCUT2D eigenvalue weighted by Crippen LogP contribution is 2.36. The minimum Gasteiger partial charge on any atom is -0.376 e. The molecule has 1 saturated heterocycles. The number of ether oxygens (including phenoxy) is 1. The number of nitrogens with one attached hydrogen (secondary N) is 2. The van der Waals surface area contributed by atoms with Gasteiger partial charge in [0.1, 0.15) is 5.82 Å². The van der Waals surface area contributed by atoms with Gasteiger partial charge in [-0.3, -0.25) is 9.88 Å². The molecule has 7 heteroatoms. The maximum Gasteiger partial charge on any atom is 0.340 e. The summed E-state index contributed by atoms with van der Waals surface area (Å²) >= 11 is 2.33. The number of aromatic nitrogens is 3. The molecule has 4 rings (SSSR count). The van der Waals surface area contributed by atoms with Crippen molar-refractivity contribution in [2.24, 2.45) is 0 Å². The molecule has 0 aliphatic carbocycles. The summed E-state index contributed by atoms with van der Waals surface area (Å²) in [5.74, 6) is 0.692. The van der Waals surface area contributed by atoms with Crippen molar-refractivity contribution in [1.29, 1.82) is 0 Å². The van der Waals surface area contributed by atoms with E-state index in [1.54, 1.807) is 0 Å². The molecule has 1 aromatic heterocycles. The Balaban J connectivity index is 1.42. The fourth-order valence-electron chi connectivity index (χ4n) is 4.03. The topological polar surface area (TPSA) is 74.0 Å². The average Bonchev–Trinajstić information content (AvgIpc) is 3.15. The molecule has 1 fully saturated rings. The highest BCUT2D eigenvalue weighted by Gasteiger charge is 2.36. The number of aromatic amines is 2. The van der Waals surface area contributed by atoms with E-state index >= 15 is 0 Å². The van der Waals surface area contributed by atoms with Crippen LogP contribution in [0.4, 0.5) is 0 Å². The largest absolute Gasteiger partial charge is 0.376 e. The second-order valence-corrected chi connectivity index (χ2v) is 8.92. The Morgan fingerprint density at radius 1 is 1.10 bits per heavy atom. The second kappa shape index (κ2) is 9.23. The summed E-state index contributed by atoms with van der Waals surface area (Å²) in [4.78, 5) is 16.4. The first kappa shape index (κ1) is 20.3. The third kappa shape index (κ3) is 5.15. The lowest BCUT2D eigenvalue weighted by atomic mass is 9.73. The van der Waals surface area contributed by atoms with Crippen LogP contribution in [0.25, 0.3) is 0 Å². The van der Waals surface area contributed by atoms with Crippen molar-refractivity contribution in [1.82, 2.24) is 20.1 Å². The number of H-pyrrole nitrogens is 2. The van der Waals surface area contributed by atoms with Gasteiger partial charge in [-0.25, -0.2) is 9.89 Å². The Bertz CT molecular complexity index is 977. The van der Waals surface area contributed by atoms with E-state index in [1.807, 2.05) is 0 Å². The number of rotatable bonds is 7. The summed E-state index contributed by atoms with van der Waals surface area (Å²) in [7, 11) is 0. The van der Waals surface area contributed by atoms with Crippen LogP contribution in [0.15, 0.2) is 59.4 Å². The molecule has 0 bridgehead atoms. The number of hydrogen-bond donors (Lipinski definition) is 2. The van der Waals surface area contributed by atoms with Crippen molar-refractivity contribution in [2.75, 3.05) is 19.7 Å². The second-order valence-electron chi connectivity index (χ2n) is 7.67. The molecule has 3 aromatic rings. The zero-order valence-electron chi connectivity index (χ0n) is 16.2. The highest BCUT2D eigenvalue weighted by atomic mass is 127. The zero-order chi connectivity index (χ0) is 20.1. The van der Waals surface area contributed by atoms with Gasteiger partial charge in [0.15, 0.2) is 0 Å². The van der Waals surface area contributed by atoms with Crippen LogP contribution in [0.1, 0.15) is 29.8 Å². The molecule has 1 aliphatic heterocycles. The number of benzene rings is 2. The van der Waals surface area contributed by atoms with Crippen LogP contribution in [0.5, 0.6) is 0 Å². The fourth-order valence-corrected chi connectivity index (χ4v) is 4.64. The lowest BCUT2D eigenvalue weighted by Gasteiger charge is -2.42. The Morgan fingerprint density at radius 2 is 1.90 bits per heavy atom. The maximum absolute atomic E-state index is 11.3. The number of hydrogen-bond acceptors (Lipinski definition) is 4. The van der Waals surface area contributed by atoms with Gasteiger partial charge in [0, 0.05) is 8.99 Å². The van der Waals surface area contributed by atoms with E-state index < -0.39 is 0 Å². The van der Waals surface area contributed by atoms with E-state index in [9.17, 15) is 4.79 Å². The van der Waals surface area contributed by atoms with E-state index in [-0.39, 0.29) is 11.1 Å². The lowest BCUT2D eigenvalue weighted by molar-refractivity contribution is 0.0341. The van der Waals surface area contributed by atoms with Crippen LogP contribution in [0.3, 0.4) is 0 Å². The van der Waals surface area contributed by atoms with Crippen LogP contribution in [0.2, 0.25) is 0 Å². The molecule has 6 nitrogen and oxygen atoms in total. The molecular formula is C22H25IN4O2. The van der Waals surface area contributed by atoms with Crippen molar-refractivity contribution < 1.29 is 4.74 Å². The van der Waals surface area contributed by atoms with Gasteiger partial charge in [-0.05, 0) is 71.8 Å². The number of likely N-dealkylation sites (tertiary alicyclic amines) is 1. The quantitative estimate of drug-likeness (QED) is 0.484. The average molecular weight is 504 g/mol. The van der Waals surface area contributed by atoms with E-state index in [4.69, 9.17) is 4.74 Å². The molecule has 152 valence electrons. The van der Waals surface area contributed by atoms with Crippen molar-refractivity contribution in [3.05, 3.63) is 85.6 Å². The third-order valence-electron chi connectivity index (χ3n) is 5.66. The zero-order valence-corrected chi connectivity index (χ0v) is 18.4. The van der Waals surface area contributed by atoms with E-state index in [2.05, 4.69) is 97.3 Å². The molecule has 0 atom stereocenters. The van der Waals surface area contributed by atoms with Gasteiger partial charge >= 0.3 is 5.69 Å². The summed E-state index contributed by atoms with van der Waals surface area (Å²) in [6, 6.07) is 19.2. The molecule has 0 radical (unpaired) electrons. The highest BCUT2D eigenvalue weighted by molar-refractivity contribution is 14.1. The molecular weight excluding hydrogens is 479 g/mol. The third-order valence-corrected chi connectivity index (χ3v) is 6.33. The first-order valence-corrected chi connectivity index (χ1v) is 10.9. The molecule has 0 amide bonds. The Kier molecular flexibility index (Phi) is 6.46. The summed E-state index contributed by atoms with van der Waals surface area (Å²) in [6.07, 6.45) is 2.02. The van der Waals surface area contributed by atoms with Gasteiger partial charge in [-0.1, -0.05) is 42.5 Å². The number of halogens is 1. The van der Waals surface area contributed by atoms with Crippen LogP contribution < -0.4 is 5.69 Å². The van der Waals surface area contributed by atoms with Gasteiger partial charge in [0.05, 0.1) is 19.8 Å². The molecule has 0 spiro atoms. The van der Waals surface area contributed by atoms with E-state index in [0.29, 0.717) is 25.6 Å². The first-order valence-electron chi connectivity index (χ1n) is 9.87. The number of nitrogens with zero attached hydrogens (tertiary/aromatic N) is 2. The molecule has 1 aliphatic rings. The van der Waals surface area contributed by atoms with Gasteiger partial charge in [0.25, 0.3) is 0 Å². The molecule has 29 heavy (non-hydrogen) atoms. The van der Waals surface area contributed by atoms with Gasteiger partial charge < -0.3 is 4.74 Å². The summed E-state index contributed by atoms with van der Waals surface area (Å²) in [5.41, 5.74) is 2.31. The van der Waals surface area contributed by atoms with Crippen molar-refractivity contribution in [3.8, 4) is 0 Å². The lowest BCUT2D eigenvalue weighted by Crippen LogP contribution is -2.45. The minimum atomic E-state index is -0.250. The first-order chi connectivity index (χ1) is 14.1. The fraction of sp³-hybridized carbons (Fsp3) is 0.364. The smallest absolute Gasteiger partial charge is 0.340 e. The molecule has 0 saturated carbocycles. The Labute approximate surface area is 183 Å². The predicted octanol–water partition coefficient (Wildman–Crippen LogP) is 3.45. The van der Waals surface area contributed by atoms with Crippen molar-refractivity contribution >= 4 is 22.6 Å². The number of piperidine rings is 1. The summed E-state index contributed by atoms with van der Waals surface area (Å²) in [6.45, 7) is 3.87. The van der Waals surface area contributed by atoms with Crippen LogP contribution in [-0.4, -0.2) is 39.8 Å². The molecule has 2 heterocycles. The van der Waals surface area contributed by atoms with Gasteiger partial charge in [0.2, 0.25) is 0 Å².